The number of benzene rings is 1. The fourth-order valence-corrected chi connectivity index (χ4v) is 5.02. The predicted octanol–water partition coefficient (Wildman–Crippen LogP) is 2.01. The molecule has 0 radical (unpaired) electrons. The summed E-state index contributed by atoms with van der Waals surface area (Å²) in [5.74, 6) is -0.527. The van der Waals surface area contributed by atoms with E-state index in [4.69, 9.17) is 4.74 Å². The van der Waals surface area contributed by atoms with Gasteiger partial charge in [0.25, 0.3) is 0 Å². The summed E-state index contributed by atoms with van der Waals surface area (Å²) in [7, 11) is -3.74. The zero-order chi connectivity index (χ0) is 21.4. The van der Waals surface area contributed by atoms with Gasteiger partial charge in [0.2, 0.25) is 5.91 Å². The average molecular weight is 420 g/mol. The minimum atomic E-state index is -3.74. The first kappa shape index (κ1) is 21.1. The number of ether oxygens (including phenoxy) is 1. The highest BCUT2D eigenvalue weighted by Gasteiger charge is 2.50. The molecule has 2 atom stereocenters. The Balaban J connectivity index is 1.86. The average Bonchev–Trinajstić information content (AvgIpc) is 3.26. The van der Waals surface area contributed by atoms with Crippen LogP contribution < -0.4 is 5.32 Å². The van der Waals surface area contributed by atoms with Crippen LogP contribution in [0.5, 0.6) is 0 Å². The maximum absolute atomic E-state index is 13.0. The van der Waals surface area contributed by atoms with Crippen LogP contribution in [-0.4, -0.2) is 54.3 Å². The molecule has 2 aliphatic rings. The standard InChI is InChI=1S/C20H25N3O5S/c1-19(2,3)28-18(25)23-12-15(29(26,27)14-7-5-4-6-8-14)11-16(23)17(24)22-20(13-21)9-10-20/h4-8,15-16H,9-12H2,1-3H3,(H,22,24)/t15-,16+/m1/s1. The van der Waals surface area contributed by atoms with E-state index in [0.29, 0.717) is 12.8 Å². The summed E-state index contributed by atoms with van der Waals surface area (Å²) in [5, 5.41) is 11.0. The molecule has 2 fully saturated rings. The minimum absolute atomic E-state index is 0.0518. The number of carbonyl (C=O) groups excluding carboxylic acids is 2. The summed E-state index contributed by atoms with van der Waals surface area (Å²) in [5.41, 5.74) is -1.70. The Kier molecular flexibility index (Phi) is 5.34. The normalized spacial score (nSPS) is 23.2. The third-order valence-electron chi connectivity index (χ3n) is 5.03. The van der Waals surface area contributed by atoms with Crippen LogP contribution >= 0.6 is 0 Å². The van der Waals surface area contributed by atoms with Gasteiger partial charge >= 0.3 is 6.09 Å². The molecule has 156 valence electrons. The fraction of sp³-hybridized carbons (Fsp3) is 0.550. The molecule has 1 aliphatic carbocycles. The quantitative estimate of drug-likeness (QED) is 0.798. The minimum Gasteiger partial charge on any atom is -0.444 e. The summed E-state index contributed by atoms with van der Waals surface area (Å²) in [6.45, 7) is 4.94. The molecule has 8 nitrogen and oxygen atoms in total. The fourth-order valence-electron chi connectivity index (χ4n) is 3.30. The highest BCUT2D eigenvalue weighted by molar-refractivity contribution is 7.92. The number of amides is 2. The zero-order valence-corrected chi connectivity index (χ0v) is 17.5. The molecule has 9 heteroatoms. The SMILES string of the molecule is CC(C)(C)OC(=O)N1C[C@H](S(=O)(=O)c2ccccc2)C[C@H]1C(=O)NC1(C#N)CC1. The zero-order valence-electron chi connectivity index (χ0n) is 16.7. The maximum atomic E-state index is 13.0. The topological polar surface area (TPSA) is 117 Å². The lowest BCUT2D eigenvalue weighted by atomic mass is 10.2. The molecule has 2 amide bonds. The van der Waals surface area contributed by atoms with E-state index in [1.165, 1.54) is 17.0 Å². The van der Waals surface area contributed by atoms with Gasteiger partial charge in [-0.25, -0.2) is 13.2 Å². The summed E-state index contributed by atoms with van der Waals surface area (Å²) in [6, 6.07) is 9.02. The Labute approximate surface area is 170 Å². The number of likely N-dealkylation sites (tertiary alicyclic amines) is 1. The molecule has 3 rings (SSSR count). The van der Waals surface area contributed by atoms with Crippen molar-refractivity contribution < 1.29 is 22.7 Å². The molecule has 29 heavy (non-hydrogen) atoms. The molecule has 0 unspecified atom stereocenters. The number of carbonyl (C=O) groups is 2. The van der Waals surface area contributed by atoms with Crippen molar-refractivity contribution in [2.24, 2.45) is 0 Å². The van der Waals surface area contributed by atoms with Crippen molar-refractivity contribution in [3.63, 3.8) is 0 Å². The van der Waals surface area contributed by atoms with E-state index in [0.717, 1.165) is 0 Å². The van der Waals surface area contributed by atoms with Gasteiger partial charge in [-0.15, -0.1) is 0 Å². The molecule has 1 aromatic carbocycles. The van der Waals surface area contributed by atoms with Crippen LogP contribution in [-0.2, 0) is 19.4 Å². The summed E-state index contributed by atoms with van der Waals surface area (Å²) in [4.78, 5) is 26.9. The molecule has 1 N–H and O–H groups in total. The van der Waals surface area contributed by atoms with Gasteiger partial charge in [-0.3, -0.25) is 9.69 Å². The van der Waals surface area contributed by atoms with Crippen molar-refractivity contribution in [2.75, 3.05) is 6.54 Å². The molecular formula is C20H25N3O5S. The molecular weight excluding hydrogens is 394 g/mol. The van der Waals surface area contributed by atoms with Crippen LogP contribution in [0.2, 0.25) is 0 Å². The lowest BCUT2D eigenvalue weighted by Gasteiger charge is -2.28. The summed E-state index contributed by atoms with van der Waals surface area (Å²) >= 11 is 0. The van der Waals surface area contributed by atoms with Crippen molar-refractivity contribution >= 4 is 21.8 Å². The molecule has 1 heterocycles. The Morgan fingerprint density at radius 2 is 1.86 bits per heavy atom. The number of nitrogens with one attached hydrogen (secondary N) is 1. The first-order valence-corrected chi connectivity index (χ1v) is 11.0. The van der Waals surface area contributed by atoms with Crippen LogP contribution in [0.4, 0.5) is 4.79 Å². The highest BCUT2D eigenvalue weighted by Crippen LogP contribution is 2.36. The number of sulfone groups is 1. The number of hydrogen-bond donors (Lipinski definition) is 1. The van der Waals surface area contributed by atoms with E-state index in [9.17, 15) is 23.3 Å². The van der Waals surface area contributed by atoms with Crippen molar-refractivity contribution in [3.05, 3.63) is 30.3 Å². The molecule has 1 saturated carbocycles. The molecule has 0 bridgehead atoms. The Bertz CT molecular complexity index is 943. The first-order chi connectivity index (χ1) is 13.5. The van der Waals surface area contributed by atoms with Crippen molar-refractivity contribution in [1.29, 1.82) is 5.26 Å². The second-order valence-corrected chi connectivity index (χ2v) is 10.8. The summed E-state index contributed by atoms with van der Waals surface area (Å²) < 4.78 is 31.5. The second kappa shape index (κ2) is 7.34. The Hall–Kier alpha value is -2.60. The van der Waals surface area contributed by atoms with E-state index in [1.807, 2.05) is 0 Å². The van der Waals surface area contributed by atoms with Crippen molar-refractivity contribution in [3.8, 4) is 6.07 Å². The van der Waals surface area contributed by atoms with E-state index in [1.54, 1.807) is 39.0 Å². The first-order valence-electron chi connectivity index (χ1n) is 9.49. The third kappa shape index (κ3) is 4.53. The smallest absolute Gasteiger partial charge is 0.411 e. The number of nitrogens with zero attached hydrogens (tertiary/aromatic N) is 2. The number of hydrogen-bond acceptors (Lipinski definition) is 6. The number of nitriles is 1. The Morgan fingerprint density at radius 3 is 2.38 bits per heavy atom. The monoisotopic (exact) mass is 419 g/mol. The van der Waals surface area contributed by atoms with Crippen molar-refractivity contribution in [2.45, 2.75) is 67.4 Å². The van der Waals surface area contributed by atoms with Gasteiger partial charge in [0.15, 0.2) is 9.84 Å². The van der Waals surface area contributed by atoms with Gasteiger partial charge in [-0.2, -0.15) is 5.26 Å². The van der Waals surface area contributed by atoms with Gasteiger partial charge in [0.05, 0.1) is 16.2 Å². The third-order valence-corrected chi connectivity index (χ3v) is 7.18. The maximum Gasteiger partial charge on any atom is 0.411 e. The highest BCUT2D eigenvalue weighted by atomic mass is 32.2. The molecule has 1 aliphatic heterocycles. The van der Waals surface area contributed by atoms with Crippen LogP contribution in [0.25, 0.3) is 0 Å². The largest absolute Gasteiger partial charge is 0.444 e. The summed E-state index contributed by atoms with van der Waals surface area (Å²) in [6.07, 6.45) is 0.287. The molecule has 0 aromatic heterocycles. The van der Waals surface area contributed by atoms with E-state index >= 15 is 0 Å². The van der Waals surface area contributed by atoms with Crippen LogP contribution in [0.3, 0.4) is 0 Å². The predicted molar refractivity (Wildman–Crippen MR) is 104 cm³/mol. The second-order valence-electron chi connectivity index (χ2n) is 8.55. The van der Waals surface area contributed by atoms with E-state index in [2.05, 4.69) is 11.4 Å². The molecule has 1 aromatic rings. The molecule has 0 spiro atoms. The van der Waals surface area contributed by atoms with Gasteiger partial charge < -0.3 is 10.1 Å². The van der Waals surface area contributed by atoms with E-state index in [-0.39, 0.29) is 17.9 Å². The van der Waals surface area contributed by atoms with E-state index < -0.39 is 44.3 Å². The van der Waals surface area contributed by atoms with Gasteiger partial charge in [-0.1, -0.05) is 18.2 Å². The number of rotatable bonds is 4. The van der Waals surface area contributed by atoms with Gasteiger partial charge in [0.1, 0.15) is 17.2 Å². The van der Waals surface area contributed by atoms with Gasteiger partial charge in [-0.05, 0) is 52.2 Å². The lowest BCUT2D eigenvalue weighted by molar-refractivity contribution is -0.126. The Morgan fingerprint density at radius 1 is 1.24 bits per heavy atom. The van der Waals surface area contributed by atoms with Crippen LogP contribution in [0.1, 0.15) is 40.0 Å². The molecule has 1 saturated heterocycles. The van der Waals surface area contributed by atoms with Crippen molar-refractivity contribution in [1.82, 2.24) is 10.2 Å². The van der Waals surface area contributed by atoms with Crippen LogP contribution in [0, 0.1) is 11.3 Å². The van der Waals surface area contributed by atoms with Gasteiger partial charge in [0, 0.05) is 6.54 Å². The lowest BCUT2D eigenvalue weighted by Crippen LogP contribution is -2.50. The van der Waals surface area contributed by atoms with Crippen LogP contribution in [0.15, 0.2) is 35.2 Å².